The molecule has 0 aliphatic heterocycles. The summed E-state index contributed by atoms with van der Waals surface area (Å²) in [7, 11) is 0. The van der Waals surface area contributed by atoms with Crippen molar-refractivity contribution in [3.05, 3.63) is 33.8 Å². The van der Waals surface area contributed by atoms with Gasteiger partial charge in [0, 0.05) is 17.0 Å². The molecule has 2 rings (SSSR count). The summed E-state index contributed by atoms with van der Waals surface area (Å²) < 4.78 is 0. The lowest BCUT2D eigenvalue weighted by molar-refractivity contribution is 0.300. The Morgan fingerprint density at radius 3 is 2.35 bits per heavy atom. The van der Waals surface area contributed by atoms with E-state index in [1.54, 1.807) is 0 Å². The van der Waals surface area contributed by atoms with Crippen molar-refractivity contribution in [1.82, 2.24) is 0 Å². The largest absolute Gasteiger partial charge is 0.330 e. The topological polar surface area (TPSA) is 26.0 Å². The van der Waals surface area contributed by atoms with Crippen molar-refractivity contribution in [1.29, 1.82) is 0 Å². The first-order chi connectivity index (χ1) is 8.09. The van der Waals surface area contributed by atoms with Crippen LogP contribution in [-0.4, -0.2) is 6.54 Å². The summed E-state index contributed by atoms with van der Waals surface area (Å²) in [4.78, 5) is 0. The predicted molar refractivity (Wildman–Crippen MR) is 74.7 cm³/mol. The second-order valence-corrected chi connectivity index (χ2v) is 5.85. The molecule has 0 radical (unpaired) electrons. The lowest BCUT2D eigenvalue weighted by Crippen LogP contribution is -2.37. The first kappa shape index (κ1) is 12.9. The summed E-state index contributed by atoms with van der Waals surface area (Å²) in [5.41, 5.74) is 10.1. The van der Waals surface area contributed by atoms with Gasteiger partial charge in [0.15, 0.2) is 0 Å². The van der Waals surface area contributed by atoms with Crippen LogP contribution in [0.3, 0.4) is 0 Å². The van der Waals surface area contributed by atoms with Crippen LogP contribution in [0.2, 0.25) is 5.02 Å². The smallest absolute Gasteiger partial charge is 0.0440 e. The molecule has 1 saturated carbocycles. The number of hydrogen-bond donors (Lipinski definition) is 1. The maximum absolute atomic E-state index is 6.32. The van der Waals surface area contributed by atoms with Crippen molar-refractivity contribution in [2.45, 2.75) is 51.4 Å². The molecule has 0 aromatic heterocycles. The van der Waals surface area contributed by atoms with Gasteiger partial charge in [-0.15, -0.1) is 0 Å². The molecule has 1 aromatic carbocycles. The number of nitrogens with two attached hydrogens (primary N) is 1. The molecule has 0 heterocycles. The number of rotatable bonds is 2. The second-order valence-electron chi connectivity index (χ2n) is 5.45. The number of aryl methyl sites for hydroxylation is 1. The van der Waals surface area contributed by atoms with E-state index in [0.717, 1.165) is 11.6 Å². The lowest BCUT2D eigenvalue weighted by Gasteiger charge is -2.37. The molecule has 0 amide bonds. The van der Waals surface area contributed by atoms with Crippen LogP contribution in [0.15, 0.2) is 12.1 Å². The molecule has 1 aliphatic carbocycles. The summed E-state index contributed by atoms with van der Waals surface area (Å²) in [6.45, 7) is 4.96. The first-order valence-corrected chi connectivity index (χ1v) is 6.94. The maximum Gasteiger partial charge on any atom is 0.0440 e. The van der Waals surface area contributed by atoms with Gasteiger partial charge in [0.25, 0.3) is 0 Å². The Labute approximate surface area is 109 Å². The van der Waals surface area contributed by atoms with E-state index in [4.69, 9.17) is 17.3 Å². The van der Waals surface area contributed by atoms with Crippen LogP contribution in [0.25, 0.3) is 0 Å². The molecule has 0 atom stereocenters. The maximum atomic E-state index is 6.32. The van der Waals surface area contributed by atoms with Crippen LogP contribution in [0.1, 0.15) is 48.8 Å². The molecule has 2 heteroatoms. The fourth-order valence-electron chi connectivity index (χ4n) is 2.96. The predicted octanol–water partition coefficient (Wildman–Crippen LogP) is 4.12. The number of benzene rings is 1. The Hall–Kier alpha value is -0.530. The minimum Gasteiger partial charge on any atom is -0.330 e. The van der Waals surface area contributed by atoms with Crippen LogP contribution in [0, 0.1) is 13.8 Å². The molecular weight excluding hydrogens is 230 g/mol. The van der Waals surface area contributed by atoms with Gasteiger partial charge in [0.1, 0.15) is 0 Å². The zero-order valence-electron chi connectivity index (χ0n) is 10.9. The molecule has 0 bridgehead atoms. The number of halogens is 1. The van der Waals surface area contributed by atoms with Crippen LogP contribution < -0.4 is 5.73 Å². The highest BCUT2D eigenvalue weighted by Crippen LogP contribution is 2.40. The van der Waals surface area contributed by atoms with Gasteiger partial charge in [-0.3, -0.25) is 0 Å². The molecule has 94 valence electrons. The van der Waals surface area contributed by atoms with E-state index >= 15 is 0 Å². The van der Waals surface area contributed by atoms with Crippen LogP contribution in [0.4, 0.5) is 0 Å². The van der Waals surface area contributed by atoms with Crippen LogP contribution in [0.5, 0.6) is 0 Å². The lowest BCUT2D eigenvalue weighted by atomic mass is 9.69. The normalized spacial score (nSPS) is 19.3. The molecule has 17 heavy (non-hydrogen) atoms. The van der Waals surface area contributed by atoms with E-state index in [1.807, 2.05) is 0 Å². The Morgan fingerprint density at radius 2 is 1.82 bits per heavy atom. The Bertz CT molecular complexity index is 382. The van der Waals surface area contributed by atoms with E-state index in [9.17, 15) is 0 Å². The Kier molecular flexibility index (Phi) is 3.79. The van der Waals surface area contributed by atoms with Gasteiger partial charge < -0.3 is 5.73 Å². The van der Waals surface area contributed by atoms with Crippen molar-refractivity contribution < 1.29 is 0 Å². The van der Waals surface area contributed by atoms with Gasteiger partial charge in [-0.25, -0.2) is 0 Å². The summed E-state index contributed by atoms with van der Waals surface area (Å²) in [6, 6.07) is 4.43. The second kappa shape index (κ2) is 4.99. The average molecular weight is 252 g/mol. The van der Waals surface area contributed by atoms with Gasteiger partial charge >= 0.3 is 0 Å². The van der Waals surface area contributed by atoms with Gasteiger partial charge in [-0.1, -0.05) is 36.9 Å². The summed E-state index contributed by atoms with van der Waals surface area (Å²) in [5, 5.41) is 0.887. The highest BCUT2D eigenvalue weighted by atomic mass is 35.5. The van der Waals surface area contributed by atoms with E-state index in [-0.39, 0.29) is 5.41 Å². The van der Waals surface area contributed by atoms with Crippen molar-refractivity contribution >= 4 is 11.6 Å². The zero-order chi connectivity index (χ0) is 12.5. The molecule has 2 N–H and O–H groups in total. The minimum atomic E-state index is 0.181. The van der Waals surface area contributed by atoms with E-state index in [0.29, 0.717) is 0 Å². The van der Waals surface area contributed by atoms with Crippen molar-refractivity contribution in [3.8, 4) is 0 Å². The minimum absolute atomic E-state index is 0.181. The van der Waals surface area contributed by atoms with Gasteiger partial charge in [-0.2, -0.15) is 0 Å². The molecule has 1 aliphatic rings. The third-order valence-electron chi connectivity index (χ3n) is 4.42. The highest BCUT2D eigenvalue weighted by Gasteiger charge is 2.32. The first-order valence-electron chi connectivity index (χ1n) is 6.56. The van der Waals surface area contributed by atoms with E-state index in [2.05, 4.69) is 26.0 Å². The van der Waals surface area contributed by atoms with Gasteiger partial charge in [-0.05, 0) is 49.4 Å². The zero-order valence-corrected chi connectivity index (χ0v) is 11.6. The molecule has 0 saturated heterocycles. The average Bonchev–Trinajstić information content (AvgIpc) is 2.36. The van der Waals surface area contributed by atoms with Crippen LogP contribution >= 0.6 is 11.6 Å². The molecule has 1 aromatic rings. The fourth-order valence-corrected chi connectivity index (χ4v) is 3.23. The molecule has 1 fully saturated rings. The standard InChI is InChI=1S/C15H22ClN/c1-11-8-13(9-14(16)12(11)2)15(10-17)6-4-3-5-7-15/h8-9H,3-7,10,17H2,1-2H3. The van der Waals surface area contributed by atoms with E-state index < -0.39 is 0 Å². The number of hydrogen-bond acceptors (Lipinski definition) is 1. The van der Waals surface area contributed by atoms with Crippen LogP contribution in [-0.2, 0) is 5.41 Å². The van der Waals surface area contributed by atoms with Gasteiger partial charge in [0.05, 0.1) is 0 Å². The van der Waals surface area contributed by atoms with Crippen molar-refractivity contribution in [2.75, 3.05) is 6.54 Å². The summed E-state index contributed by atoms with van der Waals surface area (Å²) in [6.07, 6.45) is 6.36. The molecule has 1 nitrogen and oxygen atoms in total. The molecule has 0 unspecified atom stereocenters. The fraction of sp³-hybridized carbons (Fsp3) is 0.600. The quantitative estimate of drug-likeness (QED) is 0.841. The summed E-state index contributed by atoms with van der Waals surface area (Å²) >= 11 is 6.32. The van der Waals surface area contributed by atoms with Crippen molar-refractivity contribution in [2.24, 2.45) is 5.73 Å². The third-order valence-corrected chi connectivity index (χ3v) is 4.81. The van der Waals surface area contributed by atoms with E-state index in [1.165, 1.54) is 48.8 Å². The Morgan fingerprint density at radius 1 is 1.18 bits per heavy atom. The molecule has 0 spiro atoms. The highest BCUT2D eigenvalue weighted by molar-refractivity contribution is 6.31. The third kappa shape index (κ3) is 2.36. The molecular formula is C15H22ClN. The van der Waals surface area contributed by atoms with Crippen molar-refractivity contribution in [3.63, 3.8) is 0 Å². The van der Waals surface area contributed by atoms with Gasteiger partial charge in [0.2, 0.25) is 0 Å². The monoisotopic (exact) mass is 251 g/mol. The summed E-state index contributed by atoms with van der Waals surface area (Å²) in [5.74, 6) is 0. The Balaban J connectivity index is 2.43. The SMILES string of the molecule is Cc1cc(C2(CN)CCCCC2)cc(Cl)c1C.